The molecule has 2 amide bonds. The molecule has 6 nitrogen and oxygen atoms in total. The van der Waals surface area contributed by atoms with E-state index < -0.39 is 0 Å². The molecule has 0 aromatic heterocycles. The van der Waals surface area contributed by atoms with Crippen molar-refractivity contribution in [1.82, 2.24) is 9.80 Å². The van der Waals surface area contributed by atoms with E-state index in [1.54, 1.807) is 16.7 Å². The lowest BCUT2D eigenvalue weighted by molar-refractivity contribution is -0.134. The summed E-state index contributed by atoms with van der Waals surface area (Å²) in [4.78, 5) is 27.4. The van der Waals surface area contributed by atoms with Crippen LogP contribution in [0, 0.1) is 0 Å². The Morgan fingerprint density at radius 3 is 2.40 bits per heavy atom. The molecule has 136 valence electrons. The standard InChI is InChI=1S/C19H26N2O4/c1-2-24-19(23)21-11-9-20(10-12-21)18(22)14-25-17-8-7-15-5-3-4-6-16(15)13-17/h7-8,13H,2-6,9-12,14H2,1H3. The molecule has 1 saturated heterocycles. The molecule has 0 radical (unpaired) electrons. The third-order valence-corrected chi connectivity index (χ3v) is 4.84. The van der Waals surface area contributed by atoms with Gasteiger partial charge in [-0.3, -0.25) is 4.79 Å². The van der Waals surface area contributed by atoms with Crippen LogP contribution in [0.4, 0.5) is 4.79 Å². The maximum Gasteiger partial charge on any atom is 0.409 e. The van der Waals surface area contributed by atoms with E-state index in [1.807, 2.05) is 6.07 Å². The highest BCUT2D eigenvalue weighted by molar-refractivity contribution is 5.78. The highest BCUT2D eigenvalue weighted by Crippen LogP contribution is 2.25. The fourth-order valence-corrected chi connectivity index (χ4v) is 3.39. The van der Waals surface area contributed by atoms with Gasteiger partial charge in [0.15, 0.2) is 6.61 Å². The van der Waals surface area contributed by atoms with Crippen molar-refractivity contribution in [2.24, 2.45) is 0 Å². The van der Waals surface area contributed by atoms with Crippen molar-refractivity contribution < 1.29 is 19.1 Å². The lowest BCUT2D eigenvalue weighted by atomic mass is 9.92. The number of carbonyl (C=O) groups excluding carboxylic acids is 2. The zero-order valence-corrected chi connectivity index (χ0v) is 14.8. The van der Waals surface area contributed by atoms with E-state index in [2.05, 4.69) is 12.1 Å². The predicted octanol–water partition coefficient (Wildman–Crippen LogP) is 2.24. The van der Waals surface area contributed by atoms with E-state index in [0.717, 1.165) is 18.6 Å². The van der Waals surface area contributed by atoms with Crippen LogP contribution in [0.5, 0.6) is 5.75 Å². The lowest BCUT2D eigenvalue weighted by Crippen LogP contribution is -2.51. The zero-order valence-electron chi connectivity index (χ0n) is 14.8. The number of ether oxygens (including phenoxy) is 2. The third-order valence-electron chi connectivity index (χ3n) is 4.84. The normalized spacial score (nSPS) is 17.0. The number of hydrogen-bond donors (Lipinski definition) is 0. The lowest BCUT2D eigenvalue weighted by Gasteiger charge is -2.34. The zero-order chi connectivity index (χ0) is 17.6. The molecule has 6 heteroatoms. The van der Waals surface area contributed by atoms with Crippen molar-refractivity contribution >= 4 is 12.0 Å². The smallest absolute Gasteiger partial charge is 0.409 e. The van der Waals surface area contributed by atoms with Crippen LogP contribution in [0.2, 0.25) is 0 Å². The monoisotopic (exact) mass is 346 g/mol. The Hall–Kier alpha value is -2.24. The van der Waals surface area contributed by atoms with Gasteiger partial charge in [0, 0.05) is 26.2 Å². The molecule has 2 aliphatic rings. The van der Waals surface area contributed by atoms with Crippen molar-refractivity contribution in [3.8, 4) is 5.75 Å². The van der Waals surface area contributed by atoms with Gasteiger partial charge in [-0.25, -0.2) is 4.79 Å². The summed E-state index contributed by atoms with van der Waals surface area (Å²) in [5.74, 6) is 0.723. The quantitative estimate of drug-likeness (QED) is 0.839. The molecular weight excluding hydrogens is 320 g/mol. The largest absolute Gasteiger partial charge is 0.484 e. The first-order chi connectivity index (χ1) is 12.2. The molecule has 1 aliphatic heterocycles. The van der Waals surface area contributed by atoms with E-state index in [4.69, 9.17) is 9.47 Å². The van der Waals surface area contributed by atoms with Gasteiger partial charge in [0.1, 0.15) is 5.75 Å². The van der Waals surface area contributed by atoms with Crippen LogP contribution < -0.4 is 4.74 Å². The molecule has 1 fully saturated rings. The Balaban J connectivity index is 1.46. The summed E-state index contributed by atoms with van der Waals surface area (Å²) in [5.41, 5.74) is 2.75. The van der Waals surface area contributed by atoms with Gasteiger partial charge in [-0.1, -0.05) is 6.07 Å². The molecule has 1 heterocycles. The first-order valence-corrected chi connectivity index (χ1v) is 9.11. The molecular formula is C19H26N2O4. The number of benzene rings is 1. The average Bonchev–Trinajstić information content (AvgIpc) is 2.66. The summed E-state index contributed by atoms with van der Waals surface area (Å²) in [6.07, 6.45) is 4.40. The van der Waals surface area contributed by atoms with Gasteiger partial charge >= 0.3 is 6.09 Å². The molecule has 1 aromatic carbocycles. The van der Waals surface area contributed by atoms with Crippen molar-refractivity contribution in [2.45, 2.75) is 32.6 Å². The maximum absolute atomic E-state index is 12.3. The summed E-state index contributed by atoms with van der Waals surface area (Å²) in [7, 11) is 0. The summed E-state index contributed by atoms with van der Waals surface area (Å²) < 4.78 is 10.7. The molecule has 25 heavy (non-hydrogen) atoms. The molecule has 3 rings (SSSR count). The minimum Gasteiger partial charge on any atom is -0.484 e. The predicted molar refractivity (Wildman–Crippen MR) is 93.8 cm³/mol. The Labute approximate surface area is 148 Å². The van der Waals surface area contributed by atoms with Crippen LogP contribution in [-0.2, 0) is 22.4 Å². The van der Waals surface area contributed by atoms with Gasteiger partial charge < -0.3 is 19.3 Å². The fourth-order valence-electron chi connectivity index (χ4n) is 3.39. The van der Waals surface area contributed by atoms with Gasteiger partial charge in [0.2, 0.25) is 0 Å². The summed E-state index contributed by atoms with van der Waals surface area (Å²) in [6, 6.07) is 6.14. The summed E-state index contributed by atoms with van der Waals surface area (Å²) in [6.45, 7) is 4.24. The van der Waals surface area contributed by atoms with E-state index in [0.29, 0.717) is 32.8 Å². The Morgan fingerprint density at radius 1 is 1.00 bits per heavy atom. The number of carbonyl (C=O) groups is 2. The van der Waals surface area contributed by atoms with Crippen LogP contribution in [0.15, 0.2) is 18.2 Å². The maximum atomic E-state index is 12.3. The SMILES string of the molecule is CCOC(=O)N1CCN(C(=O)COc2ccc3c(c2)CCCC3)CC1. The van der Waals surface area contributed by atoms with Gasteiger partial charge in [0.25, 0.3) is 5.91 Å². The van der Waals surface area contributed by atoms with Gasteiger partial charge in [-0.05, 0) is 55.9 Å². The van der Waals surface area contributed by atoms with E-state index in [1.165, 1.54) is 24.0 Å². The van der Waals surface area contributed by atoms with E-state index in [9.17, 15) is 9.59 Å². The minimum absolute atomic E-state index is 0.0399. The van der Waals surface area contributed by atoms with Crippen LogP contribution in [0.25, 0.3) is 0 Å². The number of aryl methyl sites for hydroxylation is 2. The molecule has 0 unspecified atom stereocenters. The first kappa shape index (κ1) is 17.6. The Bertz CT molecular complexity index is 624. The third kappa shape index (κ3) is 4.44. The number of piperazine rings is 1. The van der Waals surface area contributed by atoms with E-state index >= 15 is 0 Å². The van der Waals surface area contributed by atoms with Crippen LogP contribution >= 0.6 is 0 Å². The fraction of sp³-hybridized carbons (Fsp3) is 0.579. The molecule has 0 atom stereocenters. The number of fused-ring (bicyclic) bond motifs is 1. The Morgan fingerprint density at radius 2 is 1.68 bits per heavy atom. The summed E-state index contributed by atoms with van der Waals surface area (Å²) >= 11 is 0. The second-order valence-corrected chi connectivity index (χ2v) is 6.49. The first-order valence-electron chi connectivity index (χ1n) is 9.11. The highest BCUT2D eigenvalue weighted by Gasteiger charge is 2.25. The van der Waals surface area contributed by atoms with E-state index in [-0.39, 0.29) is 18.6 Å². The van der Waals surface area contributed by atoms with Crippen LogP contribution in [0.1, 0.15) is 30.9 Å². The van der Waals surface area contributed by atoms with Crippen molar-refractivity contribution in [3.05, 3.63) is 29.3 Å². The van der Waals surface area contributed by atoms with Crippen LogP contribution in [-0.4, -0.2) is 61.2 Å². The summed E-state index contributed by atoms with van der Waals surface area (Å²) in [5, 5.41) is 0. The molecule has 0 N–H and O–H groups in total. The molecule has 0 saturated carbocycles. The van der Waals surface area contributed by atoms with Crippen LogP contribution in [0.3, 0.4) is 0 Å². The molecule has 0 spiro atoms. The molecule has 1 aromatic rings. The Kier molecular flexibility index (Phi) is 5.79. The second-order valence-electron chi connectivity index (χ2n) is 6.49. The van der Waals surface area contributed by atoms with Crippen molar-refractivity contribution in [3.63, 3.8) is 0 Å². The van der Waals surface area contributed by atoms with Crippen molar-refractivity contribution in [2.75, 3.05) is 39.4 Å². The highest BCUT2D eigenvalue weighted by atomic mass is 16.6. The minimum atomic E-state index is -0.306. The second kappa shape index (κ2) is 8.23. The number of amides is 2. The van der Waals surface area contributed by atoms with Crippen molar-refractivity contribution in [1.29, 1.82) is 0 Å². The van der Waals surface area contributed by atoms with Gasteiger partial charge in [-0.15, -0.1) is 0 Å². The number of rotatable bonds is 4. The number of hydrogen-bond acceptors (Lipinski definition) is 4. The average molecular weight is 346 g/mol. The van der Waals surface area contributed by atoms with Gasteiger partial charge in [-0.2, -0.15) is 0 Å². The van der Waals surface area contributed by atoms with Gasteiger partial charge in [0.05, 0.1) is 6.61 Å². The molecule has 0 bridgehead atoms. The topological polar surface area (TPSA) is 59.1 Å². The number of nitrogens with zero attached hydrogens (tertiary/aromatic N) is 2. The molecule has 1 aliphatic carbocycles.